The van der Waals surface area contributed by atoms with E-state index in [1.165, 1.54) is 38.9 Å². The number of piperidine rings is 2. The van der Waals surface area contributed by atoms with Gasteiger partial charge in [-0.2, -0.15) is 0 Å². The van der Waals surface area contributed by atoms with Crippen molar-refractivity contribution in [2.45, 2.75) is 37.8 Å². The van der Waals surface area contributed by atoms with E-state index < -0.39 is 0 Å². The van der Waals surface area contributed by atoms with Gasteiger partial charge in [-0.25, -0.2) is 0 Å². The summed E-state index contributed by atoms with van der Waals surface area (Å²) in [5, 5.41) is 9.61. The van der Waals surface area contributed by atoms with Gasteiger partial charge in [0.2, 0.25) is 0 Å². The van der Waals surface area contributed by atoms with Crippen LogP contribution in [0, 0.1) is 0 Å². The van der Waals surface area contributed by atoms with Crippen LogP contribution in [0.25, 0.3) is 0 Å². The van der Waals surface area contributed by atoms with Crippen molar-refractivity contribution in [3.05, 3.63) is 0 Å². The van der Waals surface area contributed by atoms with Crippen molar-refractivity contribution in [3.8, 4) is 0 Å². The number of hydrogen-bond donors (Lipinski definition) is 1. The van der Waals surface area contributed by atoms with Crippen molar-refractivity contribution in [1.29, 1.82) is 0 Å². The van der Waals surface area contributed by atoms with E-state index in [9.17, 15) is 5.11 Å². The minimum absolute atomic E-state index is 0.0663. The highest BCUT2D eigenvalue weighted by molar-refractivity contribution is 4.82. The molecule has 0 amide bonds. The van der Waals surface area contributed by atoms with Gasteiger partial charge in [-0.15, -0.1) is 0 Å². The highest BCUT2D eigenvalue weighted by Crippen LogP contribution is 2.20. The molecule has 0 aromatic rings. The smallest absolute Gasteiger partial charge is 0.0667 e. The zero-order chi connectivity index (χ0) is 9.97. The zero-order valence-electron chi connectivity index (χ0n) is 9.15. The lowest BCUT2D eigenvalue weighted by Gasteiger charge is -2.40. The lowest BCUT2D eigenvalue weighted by Crippen LogP contribution is -2.48. The third-order valence-electron chi connectivity index (χ3n) is 3.63. The molecule has 3 heteroatoms. The normalized spacial score (nSPS) is 33.4. The van der Waals surface area contributed by atoms with Crippen LogP contribution in [0.3, 0.4) is 0 Å². The van der Waals surface area contributed by atoms with Crippen molar-refractivity contribution in [1.82, 2.24) is 9.80 Å². The Balaban J connectivity index is 1.82. The fraction of sp³-hybridized carbons (Fsp3) is 1.00. The molecule has 2 heterocycles. The van der Waals surface area contributed by atoms with Gasteiger partial charge in [0.05, 0.1) is 6.10 Å². The zero-order valence-corrected chi connectivity index (χ0v) is 9.15. The molecule has 2 aliphatic rings. The second kappa shape index (κ2) is 4.60. The second-order valence-corrected chi connectivity index (χ2v) is 4.83. The first-order valence-electron chi connectivity index (χ1n) is 5.86. The molecule has 0 aromatic heterocycles. The van der Waals surface area contributed by atoms with E-state index in [0.29, 0.717) is 0 Å². The number of aliphatic hydroxyl groups is 1. The molecule has 1 atom stereocenters. The van der Waals surface area contributed by atoms with E-state index in [-0.39, 0.29) is 6.10 Å². The minimum Gasteiger partial charge on any atom is -0.392 e. The van der Waals surface area contributed by atoms with Gasteiger partial charge in [0.15, 0.2) is 0 Å². The number of aliphatic hydroxyl groups excluding tert-OH is 1. The van der Waals surface area contributed by atoms with Crippen LogP contribution in [0.4, 0.5) is 0 Å². The molecule has 2 fully saturated rings. The summed E-state index contributed by atoms with van der Waals surface area (Å²) in [6, 6.07) is 0.737. The largest absolute Gasteiger partial charge is 0.392 e. The summed E-state index contributed by atoms with van der Waals surface area (Å²) < 4.78 is 0. The Morgan fingerprint density at radius 3 is 2.43 bits per heavy atom. The van der Waals surface area contributed by atoms with Gasteiger partial charge in [-0.3, -0.25) is 4.90 Å². The van der Waals surface area contributed by atoms with E-state index in [1.807, 2.05) is 0 Å². The quantitative estimate of drug-likeness (QED) is 0.666. The van der Waals surface area contributed by atoms with E-state index >= 15 is 0 Å². The maximum absolute atomic E-state index is 9.61. The average molecular weight is 198 g/mol. The summed E-state index contributed by atoms with van der Waals surface area (Å²) >= 11 is 0. The number of hydrogen-bond acceptors (Lipinski definition) is 3. The van der Waals surface area contributed by atoms with Crippen molar-refractivity contribution < 1.29 is 5.11 Å². The molecule has 14 heavy (non-hydrogen) atoms. The van der Waals surface area contributed by atoms with Crippen molar-refractivity contribution >= 4 is 0 Å². The molecule has 2 aliphatic heterocycles. The molecule has 1 unspecified atom stereocenters. The van der Waals surface area contributed by atoms with E-state index in [2.05, 4.69) is 16.8 Å². The van der Waals surface area contributed by atoms with Gasteiger partial charge in [-0.1, -0.05) is 0 Å². The molecule has 2 rings (SSSR count). The number of likely N-dealkylation sites (tertiary alicyclic amines) is 2. The molecule has 82 valence electrons. The number of nitrogens with zero attached hydrogens (tertiary/aromatic N) is 2. The first kappa shape index (κ1) is 10.4. The van der Waals surface area contributed by atoms with Crippen LogP contribution < -0.4 is 0 Å². The molecule has 0 aromatic carbocycles. The molecule has 0 saturated carbocycles. The minimum atomic E-state index is -0.0663. The SMILES string of the molecule is CN1CCC(N2CCCC(O)C2)CC1. The van der Waals surface area contributed by atoms with Gasteiger partial charge < -0.3 is 10.0 Å². The summed E-state index contributed by atoms with van der Waals surface area (Å²) in [5.74, 6) is 0. The molecule has 2 saturated heterocycles. The lowest BCUT2D eigenvalue weighted by molar-refractivity contribution is 0.0282. The Labute approximate surface area is 86.7 Å². The highest BCUT2D eigenvalue weighted by Gasteiger charge is 2.26. The molecular formula is C11H22N2O. The third kappa shape index (κ3) is 2.47. The number of β-amino-alcohol motifs (C(OH)–C–C–N with tert-alkyl or cyclic N) is 1. The Hall–Kier alpha value is -0.120. The van der Waals surface area contributed by atoms with Crippen molar-refractivity contribution in [2.75, 3.05) is 33.2 Å². The monoisotopic (exact) mass is 198 g/mol. The van der Waals surface area contributed by atoms with Gasteiger partial charge in [0.1, 0.15) is 0 Å². The molecule has 0 radical (unpaired) electrons. The first-order chi connectivity index (χ1) is 6.75. The molecule has 0 spiro atoms. The van der Waals surface area contributed by atoms with Gasteiger partial charge >= 0.3 is 0 Å². The lowest BCUT2D eigenvalue weighted by atomic mass is 9.99. The Morgan fingerprint density at radius 1 is 1.07 bits per heavy atom. The molecule has 1 N–H and O–H groups in total. The van der Waals surface area contributed by atoms with Crippen molar-refractivity contribution in [2.24, 2.45) is 0 Å². The Bertz CT molecular complexity index is 178. The van der Waals surface area contributed by atoms with E-state index in [4.69, 9.17) is 0 Å². The van der Waals surface area contributed by atoms with Gasteiger partial charge in [-0.05, 0) is 52.4 Å². The maximum atomic E-state index is 9.61. The fourth-order valence-corrected chi connectivity index (χ4v) is 2.68. The molecular weight excluding hydrogens is 176 g/mol. The van der Waals surface area contributed by atoms with Gasteiger partial charge in [0.25, 0.3) is 0 Å². The fourth-order valence-electron chi connectivity index (χ4n) is 2.68. The van der Waals surface area contributed by atoms with Crippen LogP contribution in [-0.4, -0.2) is 60.3 Å². The van der Waals surface area contributed by atoms with Crippen molar-refractivity contribution in [3.63, 3.8) is 0 Å². The van der Waals surface area contributed by atoms with Crippen LogP contribution in [0.15, 0.2) is 0 Å². The van der Waals surface area contributed by atoms with Crippen LogP contribution in [0.5, 0.6) is 0 Å². The second-order valence-electron chi connectivity index (χ2n) is 4.83. The van der Waals surface area contributed by atoms with Gasteiger partial charge in [0, 0.05) is 12.6 Å². The summed E-state index contributed by atoms with van der Waals surface area (Å²) in [6.07, 6.45) is 4.67. The Morgan fingerprint density at radius 2 is 1.79 bits per heavy atom. The Kier molecular flexibility index (Phi) is 3.42. The van der Waals surface area contributed by atoms with Crippen LogP contribution >= 0.6 is 0 Å². The molecule has 3 nitrogen and oxygen atoms in total. The molecule has 0 bridgehead atoms. The predicted molar refractivity (Wildman–Crippen MR) is 57.3 cm³/mol. The summed E-state index contributed by atoms with van der Waals surface area (Å²) in [5.41, 5.74) is 0. The standard InChI is InChI=1S/C11H22N2O/c1-12-7-4-10(5-8-12)13-6-2-3-11(14)9-13/h10-11,14H,2-9H2,1H3. The highest BCUT2D eigenvalue weighted by atomic mass is 16.3. The third-order valence-corrected chi connectivity index (χ3v) is 3.63. The van der Waals surface area contributed by atoms with Crippen LogP contribution in [-0.2, 0) is 0 Å². The molecule has 0 aliphatic carbocycles. The summed E-state index contributed by atoms with van der Waals surface area (Å²) in [7, 11) is 2.20. The first-order valence-corrected chi connectivity index (χ1v) is 5.86. The maximum Gasteiger partial charge on any atom is 0.0667 e. The van der Waals surface area contributed by atoms with E-state index in [0.717, 1.165) is 19.0 Å². The topological polar surface area (TPSA) is 26.7 Å². The van der Waals surface area contributed by atoms with E-state index in [1.54, 1.807) is 0 Å². The van der Waals surface area contributed by atoms with Crippen LogP contribution in [0.1, 0.15) is 25.7 Å². The van der Waals surface area contributed by atoms with Crippen LogP contribution in [0.2, 0.25) is 0 Å². The summed E-state index contributed by atoms with van der Waals surface area (Å²) in [4.78, 5) is 4.90. The predicted octanol–water partition coefficient (Wildman–Crippen LogP) is 0.537. The summed E-state index contributed by atoms with van der Waals surface area (Å²) in [6.45, 7) is 4.55. The number of rotatable bonds is 1. The average Bonchev–Trinajstić information content (AvgIpc) is 2.19.